The molecule has 0 aromatic heterocycles. The van der Waals surface area contributed by atoms with Crippen molar-refractivity contribution in [3.63, 3.8) is 0 Å². The van der Waals surface area contributed by atoms with Crippen molar-refractivity contribution >= 4 is 11.8 Å². The van der Waals surface area contributed by atoms with Crippen molar-refractivity contribution in [3.8, 4) is 0 Å². The molecule has 0 saturated carbocycles. The Morgan fingerprint density at radius 1 is 0.619 bits per heavy atom. The fraction of sp³-hybridized carbons (Fsp3) is 0.889. The minimum absolute atomic E-state index is 0.195. The molecule has 0 unspecified atom stereocenters. The number of rotatable bonds is 16. The number of carboxylic acid groups (broad SMARTS) is 1. The molecular weight excluding hydrogens is 264 g/mol. The van der Waals surface area contributed by atoms with Crippen LogP contribution < -0.4 is 5.11 Å². The van der Waals surface area contributed by atoms with Crippen LogP contribution in [0.5, 0.6) is 0 Å². The molecule has 0 aliphatic heterocycles. The molecule has 0 spiro atoms. The van der Waals surface area contributed by atoms with Gasteiger partial charge < -0.3 is 9.90 Å². The van der Waals surface area contributed by atoms with E-state index in [4.69, 9.17) is 0 Å². The van der Waals surface area contributed by atoms with Crippen molar-refractivity contribution in [1.82, 2.24) is 0 Å². The molecule has 21 heavy (non-hydrogen) atoms. The lowest BCUT2D eigenvalue weighted by Crippen LogP contribution is -2.21. The van der Waals surface area contributed by atoms with Crippen molar-refractivity contribution in [2.24, 2.45) is 0 Å². The van der Waals surface area contributed by atoms with Crippen molar-refractivity contribution in [2.45, 2.75) is 103 Å². The molecule has 0 aliphatic rings. The quantitative estimate of drug-likeness (QED) is 0.402. The first-order valence-corrected chi connectivity index (χ1v) is 8.88. The van der Waals surface area contributed by atoms with Gasteiger partial charge in [0.1, 0.15) is 5.78 Å². The zero-order valence-electron chi connectivity index (χ0n) is 13.8. The van der Waals surface area contributed by atoms with E-state index >= 15 is 0 Å². The SMILES string of the molecule is CCCCCCC(=O)CCCCCCCCCCC(=O)[O-]. The first kappa shape index (κ1) is 20.1. The Balaban J connectivity index is 3.14. The Morgan fingerprint density at radius 2 is 1.00 bits per heavy atom. The normalized spacial score (nSPS) is 10.7. The molecule has 0 N–H and O–H groups in total. The van der Waals surface area contributed by atoms with Gasteiger partial charge in [-0.3, -0.25) is 4.79 Å². The van der Waals surface area contributed by atoms with Gasteiger partial charge in [-0.25, -0.2) is 0 Å². The molecule has 0 saturated heterocycles. The van der Waals surface area contributed by atoms with E-state index in [1.807, 2.05) is 0 Å². The predicted octanol–water partition coefficient (Wildman–Crippen LogP) is 4.18. The molecule has 3 nitrogen and oxygen atoms in total. The summed E-state index contributed by atoms with van der Waals surface area (Å²) >= 11 is 0. The van der Waals surface area contributed by atoms with Gasteiger partial charge in [-0.15, -0.1) is 0 Å². The van der Waals surface area contributed by atoms with Crippen molar-refractivity contribution in [3.05, 3.63) is 0 Å². The van der Waals surface area contributed by atoms with E-state index in [0.717, 1.165) is 51.4 Å². The Morgan fingerprint density at radius 3 is 1.43 bits per heavy atom. The van der Waals surface area contributed by atoms with Gasteiger partial charge in [0.15, 0.2) is 0 Å². The number of ketones is 1. The van der Waals surface area contributed by atoms with Crippen LogP contribution in [-0.2, 0) is 9.59 Å². The highest BCUT2D eigenvalue weighted by molar-refractivity contribution is 5.78. The highest BCUT2D eigenvalue weighted by Crippen LogP contribution is 2.12. The van der Waals surface area contributed by atoms with E-state index in [9.17, 15) is 14.7 Å². The molecule has 3 heteroatoms. The number of hydrogen-bond acceptors (Lipinski definition) is 3. The summed E-state index contributed by atoms with van der Waals surface area (Å²) in [5.41, 5.74) is 0. The van der Waals surface area contributed by atoms with E-state index in [2.05, 4.69) is 6.92 Å². The lowest BCUT2D eigenvalue weighted by atomic mass is 10.0. The lowest BCUT2D eigenvalue weighted by molar-refractivity contribution is -0.305. The summed E-state index contributed by atoms with van der Waals surface area (Å²) in [6.07, 6.45) is 15.1. The maximum Gasteiger partial charge on any atom is 0.132 e. The first-order valence-electron chi connectivity index (χ1n) is 8.88. The Hall–Kier alpha value is -0.860. The molecule has 124 valence electrons. The fourth-order valence-electron chi connectivity index (χ4n) is 2.53. The smallest absolute Gasteiger partial charge is 0.132 e. The topological polar surface area (TPSA) is 57.2 Å². The van der Waals surface area contributed by atoms with E-state index in [1.165, 1.54) is 38.5 Å². The standard InChI is InChI=1S/C18H34O3/c1-2-3-4-11-14-17(19)15-12-9-7-5-6-8-10-13-16-18(20)21/h2-16H2,1H3,(H,20,21)/p-1. The van der Waals surface area contributed by atoms with Gasteiger partial charge in [-0.2, -0.15) is 0 Å². The summed E-state index contributed by atoms with van der Waals surface area (Å²) in [4.78, 5) is 21.8. The summed E-state index contributed by atoms with van der Waals surface area (Å²) in [5.74, 6) is -0.497. The minimum Gasteiger partial charge on any atom is -0.550 e. The molecule has 0 aromatic carbocycles. The van der Waals surface area contributed by atoms with Gasteiger partial charge in [0.2, 0.25) is 0 Å². The van der Waals surface area contributed by atoms with E-state index in [0.29, 0.717) is 5.78 Å². The van der Waals surface area contributed by atoms with Crippen LogP contribution >= 0.6 is 0 Å². The molecule has 0 aromatic rings. The van der Waals surface area contributed by atoms with Gasteiger partial charge in [0.05, 0.1) is 0 Å². The third-order valence-electron chi connectivity index (χ3n) is 3.90. The Kier molecular flexibility index (Phi) is 14.9. The van der Waals surface area contributed by atoms with Crippen LogP contribution in [0.4, 0.5) is 0 Å². The minimum atomic E-state index is -0.936. The van der Waals surface area contributed by atoms with Crippen LogP contribution in [0.1, 0.15) is 103 Å². The monoisotopic (exact) mass is 297 g/mol. The number of Topliss-reactive ketones (excluding diaryl/α,β-unsaturated/α-hetero) is 1. The van der Waals surface area contributed by atoms with Gasteiger partial charge in [-0.05, 0) is 25.7 Å². The average molecular weight is 297 g/mol. The van der Waals surface area contributed by atoms with Crippen molar-refractivity contribution in [1.29, 1.82) is 0 Å². The number of hydrogen-bond donors (Lipinski definition) is 0. The van der Waals surface area contributed by atoms with Gasteiger partial charge >= 0.3 is 0 Å². The third-order valence-corrected chi connectivity index (χ3v) is 3.90. The van der Waals surface area contributed by atoms with Crippen LogP contribution in [0, 0.1) is 0 Å². The number of carbonyl (C=O) groups excluding carboxylic acids is 2. The number of aliphatic carboxylic acids is 1. The molecular formula is C18H33O3-. The highest BCUT2D eigenvalue weighted by Gasteiger charge is 2.01. The number of unbranched alkanes of at least 4 members (excludes halogenated alkanes) is 10. The second-order valence-corrected chi connectivity index (χ2v) is 6.05. The maximum atomic E-state index is 11.6. The van der Waals surface area contributed by atoms with Gasteiger partial charge in [-0.1, -0.05) is 64.7 Å². The molecule has 0 heterocycles. The summed E-state index contributed by atoms with van der Waals surface area (Å²) in [7, 11) is 0. The van der Waals surface area contributed by atoms with Crippen LogP contribution in [0.3, 0.4) is 0 Å². The zero-order valence-corrected chi connectivity index (χ0v) is 13.8. The molecule has 0 fully saturated rings. The second kappa shape index (κ2) is 15.5. The van der Waals surface area contributed by atoms with Gasteiger partial charge in [0, 0.05) is 18.8 Å². The molecule has 0 aliphatic carbocycles. The third kappa shape index (κ3) is 17.1. The second-order valence-electron chi connectivity index (χ2n) is 6.05. The first-order chi connectivity index (χ1) is 10.2. The fourth-order valence-corrected chi connectivity index (χ4v) is 2.53. The van der Waals surface area contributed by atoms with E-state index in [1.54, 1.807) is 0 Å². The summed E-state index contributed by atoms with van der Waals surface area (Å²) in [5, 5.41) is 10.2. The summed E-state index contributed by atoms with van der Waals surface area (Å²) < 4.78 is 0. The Labute approximate surface area is 130 Å². The molecule has 0 atom stereocenters. The molecule has 0 rings (SSSR count). The van der Waals surface area contributed by atoms with E-state index in [-0.39, 0.29) is 6.42 Å². The van der Waals surface area contributed by atoms with Crippen molar-refractivity contribution in [2.75, 3.05) is 0 Å². The lowest BCUT2D eigenvalue weighted by Gasteiger charge is -2.03. The van der Waals surface area contributed by atoms with Crippen molar-refractivity contribution < 1.29 is 14.7 Å². The largest absolute Gasteiger partial charge is 0.550 e. The Bertz CT molecular complexity index is 261. The highest BCUT2D eigenvalue weighted by atomic mass is 16.4. The van der Waals surface area contributed by atoms with E-state index < -0.39 is 5.97 Å². The predicted molar refractivity (Wildman–Crippen MR) is 84.9 cm³/mol. The van der Waals surface area contributed by atoms with Crippen LogP contribution in [0.15, 0.2) is 0 Å². The van der Waals surface area contributed by atoms with Gasteiger partial charge in [0.25, 0.3) is 0 Å². The van der Waals surface area contributed by atoms with Crippen LogP contribution in [0.25, 0.3) is 0 Å². The van der Waals surface area contributed by atoms with Crippen LogP contribution in [0.2, 0.25) is 0 Å². The summed E-state index contributed by atoms with van der Waals surface area (Å²) in [6.45, 7) is 2.19. The average Bonchev–Trinajstić information content (AvgIpc) is 2.45. The molecule has 0 bridgehead atoms. The number of carbonyl (C=O) groups is 2. The molecule has 0 radical (unpaired) electrons. The maximum absolute atomic E-state index is 11.6. The number of carboxylic acids is 1. The zero-order chi connectivity index (χ0) is 15.8. The molecule has 0 amide bonds. The van der Waals surface area contributed by atoms with Crippen LogP contribution in [-0.4, -0.2) is 11.8 Å². The summed E-state index contributed by atoms with van der Waals surface area (Å²) in [6, 6.07) is 0.